The fourth-order valence-corrected chi connectivity index (χ4v) is 6.14. The van der Waals surface area contributed by atoms with Gasteiger partial charge in [0.15, 0.2) is 0 Å². The number of ether oxygens (including phenoxy) is 2. The first-order chi connectivity index (χ1) is 16.4. The first-order valence-corrected chi connectivity index (χ1v) is 14.1. The molecule has 1 saturated carbocycles. The van der Waals surface area contributed by atoms with Crippen LogP contribution in [0, 0.1) is 11.8 Å². The molecule has 3 rings (SSSR count). The molecule has 1 aromatic rings. The molecule has 2 fully saturated rings. The third-order valence-corrected chi connectivity index (χ3v) is 8.42. The van der Waals surface area contributed by atoms with Gasteiger partial charge in [-0.3, -0.25) is 4.79 Å². The average molecular weight is 538 g/mol. The summed E-state index contributed by atoms with van der Waals surface area (Å²) >= 11 is 3.74. The van der Waals surface area contributed by atoms with Crippen LogP contribution < -0.4 is 4.74 Å². The van der Waals surface area contributed by atoms with Crippen molar-refractivity contribution in [3.8, 4) is 5.75 Å². The van der Waals surface area contributed by atoms with Crippen molar-refractivity contribution in [3.05, 3.63) is 28.2 Å². The maximum Gasteiger partial charge on any atom is 0.248 e. The second-order valence-electron chi connectivity index (χ2n) is 10.5. The van der Waals surface area contributed by atoms with Crippen LogP contribution in [0.15, 0.2) is 22.7 Å². The van der Waals surface area contributed by atoms with Crippen molar-refractivity contribution in [2.24, 2.45) is 11.8 Å². The Labute approximate surface area is 215 Å². The third-order valence-electron chi connectivity index (χ3n) is 7.64. The minimum absolute atomic E-state index is 0.141. The molecule has 1 heterocycles. The van der Waals surface area contributed by atoms with Crippen molar-refractivity contribution in [1.29, 1.82) is 0 Å². The highest BCUT2D eigenvalue weighted by Crippen LogP contribution is 2.32. The molecule has 1 aromatic carbocycles. The highest BCUT2D eigenvalue weighted by atomic mass is 79.9. The number of piperidine rings is 1. The van der Waals surface area contributed by atoms with Crippen LogP contribution in [0.1, 0.15) is 71.3 Å². The van der Waals surface area contributed by atoms with Crippen molar-refractivity contribution < 1.29 is 14.3 Å². The lowest BCUT2D eigenvalue weighted by atomic mass is 9.83. The van der Waals surface area contributed by atoms with Gasteiger partial charge in [-0.2, -0.15) is 0 Å². The molecule has 0 aromatic heterocycles. The number of halogens is 1. The van der Waals surface area contributed by atoms with Gasteiger partial charge in [-0.25, -0.2) is 0 Å². The SMILES string of the molecule is CCN(C(=O)COC)C1CCC(CCN2CCC(Cc3cc(OC(C)C)ccc3Br)CC2)CC1. The highest BCUT2D eigenvalue weighted by molar-refractivity contribution is 9.10. The average Bonchev–Trinajstić information content (AvgIpc) is 2.82. The number of hydrogen-bond donors (Lipinski definition) is 0. The lowest BCUT2D eigenvalue weighted by molar-refractivity contribution is -0.138. The van der Waals surface area contributed by atoms with Gasteiger partial charge in [0, 0.05) is 24.2 Å². The number of benzene rings is 1. The Morgan fingerprint density at radius 1 is 1.12 bits per heavy atom. The molecule has 0 radical (unpaired) electrons. The number of rotatable bonds is 11. The summed E-state index contributed by atoms with van der Waals surface area (Å²) in [6, 6.07) is 6.81. The smallest absolute Gasteiger partial charge is 0.248 e. The zero-order valence-electron chi connectivity index (χ0n) is 21.7. The molecule has 1 aliphatic heterocycles. The molecule has 34 heavy (non-hydrogen) atoms. The highest BCUT2D eigenvalue weighted by Gasteiger charge is 2.28. The van der Waals surface area contributed by atoms with Crippen LogP contribution in [0.5, 0.6) is 5.75 Å². The molecule has 192 valence electrons. The summed E-state index contributed by atoms with van der Waals surface area (Å²) in [4.78, 5) is 17.0. The molecule has 0 bridgehead atoms. The summed E-state index contributed by atoms with van der Waals surface area (Å²) in [7, 11) is 1.60. The maximum absolute atomic E-state index is 12.3. The van der Waals surface area contributed by atoms with Crippen molar-refractivity contribution in [2.75, 3.05) is 39.9 Å². The van der Waals surface area contributed by atoms with Gasteiger partial charge in [0.05, 0.1) is 6.10 Å². The molecule has 0 N–H and O–H groups in total. The van der Waals surface area contributed by atoms with Crippen molar-refractivity contribution in [1.82, 2.24) is 9.80 Å². The van der Waals surface area contributed by atoms with E-state index >= 15 is 0 Å². The molecule has 6 heteroatoms. The lowest BCUT2D eigenvalue weighted by Gasteiger charge is -2.37. The summed E-state index contributed by atoms with van der Waals surface area (Å²) in [5.41, 5.74) is 1.37. The number of methoxy groups -OCH3 is 1. The Balaban J connectivity index is 1.37. The van der Waals surface area contributed by atoms with Gasteiger partial charge in [0.2, 0.25) is 5.91 Å². The van der Waals surface area contributed by atoms with E-state index in [9.17, 15) is 4.79 Å². The minimum atomic E-state index is 0.141. The summed E-state index contributed by atoms with van der Waals surface area (Å²) < 4.78 is 12.2. The van der Waals surface area contributed by atoms with Crippen LogP contribution in [-0.2, 0) is 16.0 Å². The molecule has 0 atom stereocenters. The second-order valence-corrected chi connectivity index (χ2v) is 11.3. The Hall–Kier alpha value is -1.11. The topological polar surface area (TPSA) is 42.0 Å². The number of carbonyl (C=O) groups is 1. The Morgan fingerprint density at radius 2 is 1.82 bits per heavy atom. The number of carbonyl (C=O) groups excluding carboxylic acids is 1. The molecule has 0 spiro atoms. The predicted octanol–water partition coefficient (Wildman–Crippen LogP) is 5.93. The van der Waals surface area contributed by atoms with E-state index in [0.29, 0.717) is 6.04 Å². The summed E-state index contributed by atoms with van der Waals surface area (Å²) in [6.07, 6.45) is 9.98. The Morgan fingerprint density at radius 3 is 2.44 bits per heavy atom. The van der Waals surface area contributed by atoms with Gasteiger partial charge < -0.3 is 19.3 Å². The number of hydrogen-bond acceptors (Lipinski definition) is 4. The zero-order valence-corrected chi connectivity index (χ0v) is 23.3. The fourth-order valence-electron chi connectivity index (χ4n) is 5.73. The van der Waals surface area contributed by atoms with Gasteiger partial charge in [0.1, 0.15) is 12.4 Å². The van der Waals surface area contributed by atoms with E-state index in [1.165, 1.54) is 61.8 Å². The van der Waals surface area contributed by atoms with E-state index in [1.807, 2.05) is 4.90 Å². The van der Waals surface area contributed by atoms with Crippen LogP contribution in [0.25, 0.3) is 0 Å². The van der Waals surface area contributed by atoms with Gasteiger partial charge in [-0.05, 0) is 127 Å². The first-order valence-electron chi connectivity index (χ1n) is 13.3. The monoisotopic (exact) mass is 536 g/mol. The summed E-state index contributed by atoms with van der Waals surface area (Å²) in [6.45, 7) is 10.9. The van der Waals surface area contributed by atoms with E-state index in [2.05, 4.69) is 59.8 Å². The second kappa shape index (κ2) is 13.8. The van der Waals surface area contributed by atoms with Crippen molar-refractivity contribution >= 4 is 21.8 Å². The van der Waals surface area contributed by atoms with Gasteiger partial charge in [0.25, 0.3) is 0 Å². The van der Waals surface area contributed by atoms with Crippen LogP contribution >= 0.6 is 15.9 Å². The predicted molar refractivity (Wildman–Crippen MR) is 142 cm³/mol. The molecular formula is C28H45BrN2O3. The van der Waals surface area contributed by atoms with E-state index in [0.717, 1.165) is 43.4 Å². The lowest BCUT2D eigenvalue weighted by Crippen LogP contribution is -2.44. The van der Waals surface area contributed by atoms with Crippen molar-refractivity contribution in [3.63, 3.8) is 0 Å². The zero-order chi connectivity index (χ0) is 24.5. The van der Waals surface area contributed by atoms with Gasteiger partial charge in [-0.15, -0.1) is 0 Å². The molecule has 0 unspecified atom stereocenters. The molecule has 1 amide bonds. The van der Waals surface area contributed by atoms with E-state index in [-0.39, 0.29) is 18.6 Å². The fraction of sp³-hybridized carbons (Fsp3) is 0.750. The summed E-state index contributed by atoms with van der Waals surface area (Å²) in [5.74, 6) is 2.68. The van der Waals surface area contributed by atoms with Gasteiger partial charge in [-0.1, -0.05) is 15.9 Å². The first kappa shape index (κ1) is 27.5. The van der Waals surface area contributed by atoms with Crippen molar-refractivity contribution in [2.45, 2.75) is 84.3 Å². The quantitative estimate of drug-likeness (QED) is 0.351. The standard InChI is InChI=1S/C28H45BrN2O3/c1-5-31(28(32)20-33-4)25-8-6-22(7-9-25)12-15-30-16-13-23(14-17-30)18-24-19-26(34-21(2)3)10-11-27(24)29/h10-11,19,21-23,25H,5-9,12-18,20H2,1-4H3. The number of nitrogens with zero attached hydrogens (tertiary/aromatic N) is 2. The largest absolute Gasteiger partial charge is 0.491 e. The van der Waals surface area contributed by atoms with Crippen LogP contribution in [0.4, 0.5) is 0 Å². The van der Waals surface area contributed by atoms with Crippen LogP contribution in [-0.4, -0.2) is 67.7 Å². The van der Waals surface area contributed by atoms with E-state index < -0.39 is 0 Å². The number of likely N-dealkylation sites (tertiary alicyclic amines) is 1. The summed E-state index contributed by atoms with van der Waals surface area (Å²) in [5, 5.41) is 0. The Kier molecular flexibility index (Phi) is 11.2. The maximum atomic E-state index is 12.3. The molecule has 5 nitrogen and oxygen atoms in total. The third kappa shape index (κ3) is 8.23. The van der Waals surface area contributed by atoms with E-state index in [1.54, 1.807) is 7.11 Å². The minimum Gasteiger partial charge on any atom is -0.491 e. The molecule has 1 aliphatic carbocycles. The van der Waals surface area contributed by atoms with Crippen LogP contribution in [0.2, 0.25) is 0 Å². The molecule has 2 aliphatic rings. The molecular weight excluding hydrogens is 492 g/mol. The molecule has 1 saturated heterocycles. The Bertz CT molecular complexity index is 756. The number of likely N-dealkylation sites (N-methyl/N-ethyl adjacent to an activating group) is 1. The van der Waals surface area contributed by atoms with E-state index in [4.69, 9.17) is 9.47 Å². The van der Waals surface area contributed by atoms with Gasteiger partial charge >= 0.3 is 0 Å². The van der Waals surface area contributed by atoms with Crippen LogP contribution in [0.3, 0.4) is 0 Å². The normalized spacial score (nSPS) is 22.2. The number of amides is 1.